The first-order chi connectivity index (χ1) is 13.2. The van der Waals surface area contributed by atoms with Crippen LogP contribution in [0.5, 0.6) is 0 Å². The van der Waals surface area contributed by atoms with Crippen molar-refractivity contribution in [2.45, 2.75) is 13.1 Å². The van der Waals surface area contributed by atoms with Crippen molar-refractivity contribution >= 4 is 29.2 Å². The molecule has 4 N–H and O–H groups in total. The molecular formula is C17H17F3N6O2. The van der Waals surface area contributed by atoms with Crippen LogP contribution in [0.3, 0.4) is 0 Å². The summed E-state index contributed by atoms with van der Waals surface area (Å²) in [6.07, 6.45) is 2.79. The number of nitrogens with zero attached hydrogens (tertiary/aromatic N) is 3. The number of aromatic nitrogens is 3. The summed E-state index contributed by atoms with van der Waals surface area (Å²) in [6.45, 7) is 3.80. The van der Waals surface area contributed by atoms with Gasteiger partial charge < -0.3 is 16.4 Å². The molecule has 0 aliphatic heterocycles. The number of rotatable bonds is 7. The van der Waals surface area contributed by atoms with Crippen molar-refractivity contribution in [3.05, 3.63) is 54.2 Å². The number of fused-ring (bicyclic) bond motifs is 1. The summed E-state index contributed by atoms with van der Waals surface area (Å²) in [5.74, 6) is -0.934. The van der Waals surface area contributed by atoms with Crippen molar-refractivity contribution in [1.29, 1.82) is 0 Å². The molecule has 28 heavy (non-hydrogen) atoms. The van der Waals surface area contributed by atoms with Crippen LogP contribution in [0, 0.1) is 0 Å². The van der Waals surface area contributed by atoms with Crippen molar-refractivity contribution in [2.75, 3.05) is 12.3 Å². The lowest BCUT2D eigenvalue weighted by Gasteiger charge is -2.10. The van der Waals surface area contributed by atoms with Gasteiger partial charge in [0.2, 0.25) is 6.41 Å². The van der Waals surface area contributed by atoms with Crippen LogP contribution in [-0.2, 0) is 4.79 Å². The van der Waals surface area contributed by atoms with Crippen LogP contribution in [0.1, 0.15) is 22.8 Å². The first-order valence-electron chi connectivity index (χ1n) is 7.86. The fourth-order valence-corrected chi connectivity index (χ4v) is 2.38. The highest BCUT2D eigenvalue weighted by Crippen LogP contribution is 2.30. The number of hydrogen-bond acceptors (Lipinski definition) is 5. The number of carbonyl (C=O) groups excluding carboxylic acids is 2. The zero-order chi connectivity index (χ0) is 20.9. The number of nitrogens with one attached hydrogen (secondary N) is 2. The number of hydrogen-bond donors (Lipinski definition) is 3. The van der Waals surface area contributed by atoms with Gasteiger partial charge in [0.15, 0.2) is 5.82 Å². The lowest BCUT2D eigenvalue weighted by atomic mass is 10.0. The van der Waals surface area contributed by atoms with Gasteiger partial charge in [-0.05, 0) is 18.6 Å². The predicted molar refractivity (Wildman–Crippen MR) is 96.9 cm³/mol. The molecule has 0 aromatic carbocycles. The molecule has 2 rings (SSSR count). The maximum Gasteiger partial charge on any atom is 0.405 e. The highest BCUT2D eigenvalue weighted by Gasteiger charge is 2.29. The van der Waals surface area contributed by atoms with Crippen molar-refractivity contribution in [3.8, 4) is 0 Å². The number of amides is 2. The number of halogens is 3. The molecule has 0 unspecified atom stereocenters. The summed E-state index contributed by atoms with van der Waals surface area (Å²) in [6, 6.07) is 0. The first kappa shape index (κ1) is 20.7. The van der Waals surface area contributed by atoms with Crippen LogP contribution in [0.15, 0.2) is 43.0 Å². The zero-order valence-electron chi connectivity index (χ0n) is 14.7. The molecule has 0 aliphatic rings. The van der Waals surface area contributed by atoms with Gasteiger partial charge in [-0.3, -0.25) is 9.59 Å². The number of carbonyl (C=O) groups is 2. The number of anilines is 1. The molecule has 2 aromatic rings. The second-order valence-corrected chi connectivity index (χ2v) is 5.59. The van der Waals surface area contributed by atoms with Crippen molar-refractivity contribution in [3.63, 3.8) is 0 Å². The SMILES string of the molecule is C=C/C(=C\C=C(/C)NC=O)c1c(C(=O)NCC(F)(F)F)cn2ncnc(N)c12. The van der Waals surface area contributed by atoms with Crippen LogP contribution < -0.4 is 16.4 Å². The van der Waals surface area contributed by atoms with Gasteiger partial charge in [-0.1, -0.05) is 18.7 Å². The molecule has 0 saturated heterocycles. The van der Waals surface area contributed by atoms with Gasteiger partial charge in [0, 0.05) is 17.5 Å². The van der Waals surface area contributed by atoms with E-state index in [1.165, 1.54) is 28.9 Å². The second-order valence-electron chi connectivity index (χ2n) is 5.59. The Kier molecular flexibility index (Phi) is 6.18. The summed E-state index contributed by atoms with van der Waals surface area (Å²) >= 11 is 0. The molecule has 11 heteroatoms. The minimum Gasteiger partial charge on any atom is -0.382 e. The van der Waals surface area contributed by atoms with E-state index in [1.54, 1.807) is 6.92 Å². The fourth-order valence-electron chi connectivity index (χ4n) is 2.38. The lowest BCUT2D eigenvalue weighted by molar-refractivity contribution is -0.123. The highest BCUT2D eigenvalue weighted by atomic mass is 19.4. The standard InChI is InChI=1S/C17H17F3N6O2/c1-3-11(5-4-10(2)24-9-27)13-12(16(28)22-7-17(18,19)20)6-26-14(13)15(21)23-8-25-26/h3-6,8-9H,1,7H2,2H3,(H,22,28)(H,24,27)(H2,21,23,25)/b10-4+,11-5+. The Balaban J connectivity index is 2.62. The number of nitrogen functional groups attached to an aromatic ring is 1. The van der Waals surface area contributed by atoms with Gasteiger partial charge in [-0.2, -0.15) is 18.3 Å². The van der Waals surface area contributed by atoms with Crippen LogP contribution in [0.2, 0.25) is 0 Å². The van der Waals surface area contributed by atoms with Gasteiger partial charge in [-0.15, -0.1) is 0 Å². The second kappa shape index (κ2) is 8.37. The van der Waals surface area contributed by atoms with E-state index in [2.05, 4.69) is 22.0 Å². The molecule has 0 radical (unpaired) electrons. The molecule has 148 valence electrons. The minimum absolute atomic E-state index is 0.0272. The average Bonchev–Trinajstić information content (AvgIpc) is 3.01. The summed E-state index contributed by atoms with van der Waals surface area (Å²) in [7, 11) is 0. The monoisotopic (exact) mass is 394 g/mol. The quantitative estimate of drug-likeness (QED) is 0.490. The fraction of sp³-hybridized carbons (Fsp3) is 0.176. The summed E-state index contributed by atoms with van der Waals surface area (Å²) in [5, 5.41) is 8.20. The smallest absolute Gasteiger partial charge is 0.382 e. The Bertz CT molecular complexity index is 975. The predicted octanol–water partition coefficient (Wildman–Crippen LogP) is 1.82. The molecule has 0 bridgehead atoms. The van der Waals surface area contributed by atoms with Crippen LogP contribution in [0.4, 0.5) is 19.0 Å². The number of alkyl halides is 3. The molecule has 0 atom stereocenters. The van der Waals surface area contributed by atoms with E-state index in [4.69, 9.17) is 5.73 Å². The van der Waals surface area contributed by atoms with Crippen LogP contribution in [0.25, 0.3) is 11.1 Å². The molecule has 0 fully saturated rings. The maximum absolute atomic E-state index is 12.5. The zero-order valence-corrected chi connectivity index (χ0v) is 14.7. The average molecular weight is 394 g/mol. The molecule has 2 amide bonds. The van der Waals surface area contributed by atoms with Gasteiger partial charge in [-0.25, -0.2) is 9.50 Å². The highest BCUT2D eigenvalue weighted by molar-refractivity contribution is 6.05. The Labute approximate surface area is 157 Å². The third kappa shape index (κ3) is 4.75. The van der Waals surface area contributed by atoms with Crippen LogP contribution in [-0.4, -0.2) is 39.6 Å². The normalized spacial score (nSPS) is 12.7. The molecule has 0 aliphatic carbocycles. The molecule has 8 nitrogen and oxygen atoms in total. The van der Waals surface area contributed by atoms with Crippen molar-refractivity contribution in [2.24, 2.45) is 0 Å². The van der Waals surface area contributed by atoms with Gasteiger partial charge in [0.25, 0.3) is 5.91 Å². The summed E-state index contributed by atoms with van der Waals surface area (Å²) in [5.41, 5.74) is 7.11. The molecule has 0 spiro atoms. The Morgan fingerprint density at radius 3 is 2.71 bits per heavy atom. The van der Waals surface area contributed by atoms with E-state index in [9.17, 15) is 22.8 Å². The summed E-state index contributed by atoms with van der Waals surface area (Å²) < 4.78 is 38.7. The third-order valence-corrected chi connectivity index (χ3v) is 3.60. The summed E-state index contributed by atoms with van der Waals surface area (Å²) in [4.78, 5) is 26.8. The molecule has 2 aromatic heterocycles. The maximum atomic E-state index is 12.5. The van der Waals surface area contributed by atoms with E-state index in [0.29, 0.717) is 17.7 Å². The number of allylic oxidation sites excluding steroid dienone is 5. The first-order valence-corrected chi connectivity index (χ1v) is 7.86. The van der Waals surface area contributed by atoms with Gasteiger partial charge in [0.05, 0.1) is 5.56 Å². The van der Waals surface area contributed by atoms with Crippen LogP contribution >= 0.6 is 0 Å². The molecular weight excluding hydrogens is 377 g/mol. The Morgan fingerprint density at radius 2 is 2.11 bits per heavy atom. The minimum atomic E-state index is -4.56. The van der Waals surface area contributed by atoms with E-state index in [1.807, 2.05) is 5.32 Å². The van der Waals surface area contributed by atoms with Crippen molar-refractivity contribution in [1.82, 2.24) is 25.2 Å². The van der Waals surface area contributed by atoms with Gasteiger partial charge in [0.1, 0.15) is 18.4 Å². The lowest BCUT2D eigenvalue weighted by Crippen LogP contribution is -2.33. The topological polar surface area (TPSA) is 114 Å². The van der Waals surface area contributed by atoms with E-state index in [0.717, 1.165) is 6.33 Å². The molecule has 0 saturated carbocycles. The van der Waals surface area contributed by atoms with E-state index < -0.39 is 18.6 Å². The Morgan fingerprint density at radius 1 is 1.39 bits per heavy atom. The Hall–Kier alpha value is -3.63. The van der Waals surface area contributed by atoms with Gasteiger partial charge >= 0.3 is 6.18 Å². The van der Waals surface area contributed by atoms with E-state index in [-0.39, 0.29) is 22.5 Å². The number of nitrogens with two attached hydrogens (primary N) is 1. The largest absolute Gasteiger partial charge is 0.405 e. The van der Waals surface area contributed by atoms with E-state index >= 15 is 0 Å². The van der Waals surface area contributed by atoms with Crippen molar-refractivity contribution < 1.29 is 22.8 Å². The third-order valence-electron chi connectivity index (χ3n) is 3.60. The molecule has 2 heterocycles.